The van der Waals surface area contributed by atoms with Gasteiger partial charge in [0.05, 0.1) is 22.2 Å². The van der Waals surface area contributed by atoms with Crippen molar-refractivity contribution in [2.75, 3.05) is 0 Å². The van der Waals surface area contributed by atoms with Gasteiger partial charge < -0.3 is 0 Å². The smallest absolute Gasteiger partial charge is 0.0600 e. The summed E-state index contributed by atoms with van der Waals surface area (Å²) in [7, 11) is 8.89. The Kier molecular flexibility index (Phi) is 4.36. The molecule has 0 aromatic heterocycles. The van der Waals surface area contributed by atoms with E-state index in [4.69, 9.17) is 7.85 Å². The summed E-state index contributed by atoms with van der Waals surface area (Å²) in [5, 5.41) is 0. The first-order chi connectivity index (χ1) is 2.41. The number of hydrogen-bond acceptors (Lipinski definition) is 0. The van der Waals surface area contributed by atoms with Crippen LogP contribution in [0.15, 0.2) is 0 Å². The van der Waals surface area contributed by atoms with Crippen molar-refractivity contribution in [2.45, 2.75) is 13.0 Å². The predicted octanol–water partition coefficient (Wildman–Crippen LogP) is -0.0978. The molecule has 0 saturated heterocycles. The van der Waals surface area contributed by atoms with Crippen LogP contribution in [0.1, 0.15) is 0 Å². The fourth-order valence-corrected chi connectivity index (χ4v) is 0.136. The Morgan fingerprint density at radius 1 is 1.80 bits per heavy atom. The molecule has 0 aliphatic heterocycles. The summed E-state index contributed by atoms with van der Waals surface area (Å²) in [6, 6.07) is 0. The second-order valence-corrected chi connectivity index (χ2v) is 0.805. The van der Waals surface area contributed by atoms with E-state index in [0.29, 0.717) is 6.22 Å². The third-order valence-corrected chi connectivity index (χ3v) is 0.372. The van der Waals surface area contributed by atoms with E-state index >= 15 is 0 Å². The van der Waals surface area contributed by atoms with Gasteiger partial charge in [-0.15, -0.1) is 6.22 Å². The first-order valence-corrected chi connectivity index (χ1v) is 1.73. The molecule has 0 rings (SSSR count). The van der Waals surface area contributed by atoms with E-state index in [2.05, 4.69) is 0 Å². The molecule has 0 aromatic carbocycles. The Bertz CT molecular complexity index is 12.4. The summed E-state index contributed by atoms with van der Waals surface area (Å²) in [6.07, 6.45) is 0.663. The zero-order valence-electron chi connectivity index (χ0n) is 3.44. The third kappa shape index (κ3) is 4.19. The molecule has 0 atom stereocenters. The van der Waals surface area contributed by atoms with E-state index in [9.17, 15) is 0 Å². The van der Waals surface area contributed by atoms with Crippen molar-refractivity contribution in [3.8, 4) is 0 Å². The molecule has 0 aromatic rings. The Hall–Kier alpha value is 0.195. The molecule has 0 fully saturated rings. The van der Waals surface area contributed by atoms with Gasteiger partial charge in [0.2, 0.25) is 0 Å². The van der Waals surface area contributed by atoms with Crippen molar-refractivity contribution >= 4 is 22.2 Å². The van der Waals surface area contributed by atoms with Crippen LogP contribution in [0.2, 0.25) is 13.0 Å². The molecule has 0 nitrogen and oxygen atoms in total. The van der Waals surface area contributed by atoms with Gasteiger partial charge in [0.1, 0.15) is 0 Å². The van der Waals surface area contributed by atoms with E-state index < -0.39 is 0 Å². The van der Waals surface area contributed by atoms with Crippen molar-refractivity contribution in [3.63, 3.8) is 0 Å². The topological polar surface area (TPSA) is 0 Å². The molecule has 22 valence electrons. The normalized spacial score (nSPS) is 6.60. The van der Waals surface area contributed by atoms with Crippen LogP contribution in [-0.4, -0.2) is 22.2 Å². The van der Waals surface area contributed by atoms with Crippen molar-refractivity contribution < 1.29 is 0 Å². The SMILES string of the molecule is [B]C[B][B]C. The lowest BCUT2D eigenvalue weighted by Gasteiger charge is -1.74. The fraction of sp³-hybridized carbons (Fsp3) is 1.00. The molecule has 0 amide bonds. The number of hydrogen-bond donors (Lipinski definition) is 0. The van der Waals surface area contributed by atoms with Gasteiger partial charge in [0.25, 0.3) is 0 Å². The summed E-state index contributed by atoms with van der Waals surface area (Å²) in [5.74, 6) is 0. The van der Waals surface area contributed by atoms with Gasteiger partial charge in [-0.05, 0) is 0 Å². The third-order valence-electron chi connectivity index (χ3n) is 0.372. The van der Waals surface area contributed by atoms with Crippen LogP contribution < -0.4 is 0 Å². The van der Waals surface area contributed by atoms with Gasteiger partial charge in [-0.3, -0.25) is 0 Å². The average Bonchev–Trinajstić information content (AvgIpc) is 1.41. The molecule has 5 heavy (non-hydrogen) atoms. The van der Waals surface area contributed by atoms with Crippen molar-refractivity contribution in [3.05, 3.63) is 0 Å². The molecule has 0 bridgehead atoms. The van der Waals surface area contributed by atoms with E-state index in [1.807, 2.05) is 21.2 Å². The Balaban J connectivity index is 2.19. The first-order valence-electron chi connectivity index (χ1n) is 1.73. The minimum Gasteiger partial charge on any atom is -0.121 e. The van der Waals surface area contributed by atoms with Crippen LogP contribution >= 0.6 is 0 Å². The molecular formula is C2H5B3. The molecule has 0 heterocycles. The standard InChI is InChI=1S/C2H5B3/c1-4-5-2-3/h2H2,1H3. The minimum absolute atomic E-state index is 0.663. The largest absolute Gasteiger partial charge is 0.121 e. The van der Waals surface area contributed by atoms with Gasteiger partial charge in [-0.25, -0.2) is 0 Å². The van der Waals surface area contributed by atoms with E-state index in [0.717, 1.165) is 0 Å². The molecule has 0 aliphatic carbocycles. The highest BCUT2D eigenvalue weighted by Crippen LogP contribution is 1.59. The van der Waals surface area contributed by atoms with Gasteiger partial charge in [-0.2, -0.15) is 0 Å². The molecular weight excluding hydrogens is 56.5 g/mol. The maximum absolute atomic E-state index is 5.05. The van der Waals surface area contributed by atoms with E-state index in [1.165, 1.54) is 0 Å². The van der Waals surface area contributed by atoms with Gasteiger partial charge >= 0.3 is 0 Å². The molecule has 0 N–H and O–H groups in total. The van der Waals surface area contributed by atoms with Crippen molar-refractivity contribution in [1.82, 2.24) is 0 Å². The van der Waals surface area contributed by atoms with Gasteiger partial charge in [0.15, 0.2) is 0 Å². The molecule has 0 unspecified atom stereocenters. The van der Waals surface area contributed by atoms with Gasteiger partial charge in [0, 0.05) is 0 Å². The predicted molar refractivity (Wildman–Crippen MR) is 27.9 cm³/mol. The zero-order chi connectivity index (χ0) is 4.12. The van der Waals surface area contributed by atoms with Gasteiger partial charge in [-0.1, -0.05) is 6.82 Å². The zero-order valence-corrected chi connectivity index (χ0v) is 3.44. The van der Waals surface area contributed by atoms with Crippen molar-refractivity contribution in [2.24, 2.45) is 0 Å². The van der Waals surface area contributed by atoms with Crippen LogP contribution in [0.5, 0.6) is 0 Å². The molecule has 0 spiro atoms. The van der Waals surface area contributed by atoms with E-state index in [1.54, 1.807) is 0 Å². The summed E-state index contributed by atoms with van der Waals surface area (Å²) in [6.45, 7) is 1.95. The Labute approximate surface area is 36.2 Å². The first kappa shape index (κ1) is 5.19. The fourth-order valence-electron chi connectivity index (χ4n) is 0.136. The highest BCUT2D eigenvalue weighted by molar-refractivity contribution is 7.01. The maximum Gasteiger partial charge on any atom is 0.0600 e. The maximum atomic E-state index is 5.05. The monoisotopic (exact) mass is 62.1 g/mol. The molecule has 0 aliphatic rings. The summed E-state index contributed by atoms with van der Waals surface area (Å²) in [4.78, 5) is 0. The number of rotatable bonds is 2. The lowest BCUT2D eigenvalue weighted by molar-refractivity contribution is 2.10. The average molecular weight is 61.5 g/mol. The van der Waals surface area contributed by atoms with Crippen LogP contribution in [0.25, 0.3) is 0 Å². The molecule has 4 radical (unpaired) electrons. The van der Waals surface area contributed by atoms with Crippen molar-refractivity contribution in [1.29, 1.82) is 0 Å². The summed E-state index contributed by atoms with van der Waals surface area (Å²) >= 11 is 0. The van der Waals surface area contributed by atoms with Crippen LogP contribution in [0, 0.1) is 0 Å². The second kappa shape index (κ2) is 4.19. The summed E-state index contributed by atoms with van der Waals surface area (Å²) < 4.78 is 0. The summed E-state index contributed by atoms with van der Waals surface area (Å²) in [5.41, 5.74) is 0. The van der Waals surface area contributed by atoms with Crippen LogP contribution in [0.4, 0.5) is 0 Å². The highest BCUT2D eigenvalue weighted by atomic mass is 13.1. The second-order valence-electron chi connectivity index (χ2n) is 0.805. The lowest BCUT2D eigenvalue weighted by Crippen LogP contribution is -1.94. The minimum atomic E-state index is 0.663. The molecule has 3 heteroatoms. The van der Waals surface area contributed by atoms with Crippen LogP contribution in [0.3, 0.4) is 0 Å². The highest BCUT2D eigenvalue weighted by Gasteiger charge is 1.74. The van der Waals surface area contributed by atoms with Crippen LogP contribution in [-0.2, 0) is 0 Å². The molecule has 0 saturated carbocycles. The Morgan fingerprint density at radius 3 is 2.40 bits per heavy atom. The lowest BCUT2D eigenvalue weighted by atomic mass is 9.37. The quantitative estimate of drug-likeness (QED) is 0.391. The Morgan fingerprint density at radius 2 is 2.40 bits per heavy atom. The van der Waals surface area contributed by atoms with E-state index in [-0.39, 0.29) is 0 Å².